The zero-order valence-corrected chi connectivity index (χ0v) is 16.4. The third kappa shape index (κ3) is 3.54. The first-order valence-corrected chi connectivity index (χ1v) is 10.1. The number of ether oxygens (including phenoxy) is 1. The second kappa shape index (κ2) is 7.98. The minimum absolute atomic E-state index is 0.0208. The lowest BCUT2D eigenvalue weighted by Gasteiger charge is -2.38. The summed E-state index contributed by atoms with van der Waals surface area (Å²) in [5.41, 5.74) is 4.76. The fraction of sp³-hybridized carbons (Fsp3) is 0.348. The van der Waals surface area contributed by atoms with E-state index in [9.17, 15) is 9.90 Å². The summed E-state index contributed by atoms with van der Waals surface area (Å²) >= 11 is 5.96. The van der Waals surface area contributed by atoms with E-state index in [4.69, 9.17) is 16.3 Å². The number of rotatable bonds is 4. The fourth-order valence-electron chi connectivity index (χ4n) is 4.41. The molecule has 1 heterocycles. The van der Waals surface area contributed by atoms with Gasteiger partial charge in [0.25, 0.3) is 0 Å². The number of carbonyl (C=O) groups excluding carboxylic acids is 1. The lowest BCUT2D eigenvalue weighted by atomic mass is 9.96. The Labute approximate surface area is 170 Å². The maximum Gasteiger partial charge on any atom is 0.410 e. The number of halogens is 1. The number of piperidine rings is 1. The second-order valence-electron chi connectivity index (χ2n) is 7.50. The van der Waals surface area contributed by atoms with E-state index >= 15 is 0 Å². The molecule has 0 saturated carbocycles. The summed E-state index contributed by atoms with van der Waals surface area (Å²) in [6, 6.07) is 16.1. The molecule has 2 aromatic rings. The van der Waals surface area contributed by atoms with Crippen LogP contribution in [-0.2, 0) is 4.74 Å². The molecule has 146 valence electrons. The molecular formula is C23H24ClNO3. The Morgan fingerprint density at radius 3 is 2.36 bits per heavy atom. The molecule has 5 heteroatoms. The van der Waals surface area contributed by atoms with Gasteiger partial charge in [0.2, 0.25) is 0 Å². The van der Waals surface area contributed by atoms with Crippen molar-refractivity contribution in [2.24, 2.45) is 0 Å². The van der Waals surface area contributed by atoms with Crippen molar-refractivity contribution in [3.63, 3.8) is 0 Å². The molecule has 1 aliphatic heterocycles. The van der Waals surface area contributed by atoms with Crippen molar-refractivity contribution in [2.75, 3.05) is 13.2 Å². The molecule has 0 bridgehead atoms. The van der Waals surface area contributed by atoms with Crippen molar-refractivity contribution < 1.29 is 14.6 Å². The number of aliphatic hydroxyl groups is 1. The van der Waals surface area contributed by atoms with E-state index in [0.717, 1.165) is 6.42 Å². The van der Waals surface area contributed by atoms with E-state index in [1.54, 1.807) is 4.90 Å². The topological polar surface area (TPSA) is 49.8 Å². The van der Waals surface area contributed by atoms with Gasteiger partial charge in [-0.2, -0.15) is 0 Å². The Hall–Kier alpha value is -2.30. The van der Waals surface area contributed by atoms with Crippen molar-refractivity contribution >= 4 is 17.7 Å². The molecule has 0 unspecified atom stereocenters. The summed E-state index contributed by atoms with van der Waals surface area (Å²) in [6.07, 6.45) is 0.763. The maximum atomic E-state index is 12.8. The SMILES string of the molecule is C=C(Cl)C[C@@H]1[C@H](O)CCCN1C(=O)OCC1c2ccccc2-c2ccccc21. The van der Waals surface area contributed by atoms with Gasteiger partial charge in [0, 0.05) is 23.9 Å². The zero-order chi connectivity index (χ0) is 19.7. The molecule has 2 aliphatic rings. The second-order valence-corrected chi connectivity index (χ2v) is 8.03. The number of likely N-dealkylation sites (tertiary alicyclic amines) is 1. The normalized spacial score (nSPS) is 21.1. The van der Waals surface area contributed by atoms with E-state index in [0.29, 0.717) is 24.4 Å². The number of hydrogen-bond donors (Lipinski definition) is 1. The van der Waals surface area contributed by atoms with Gasteiger partial charge in [0.1, 0.15) is 6.61 Å². The van der Waals surface area contributed by atoms with Crippen LogP contribution in [0.4, 0.5) is 4.79 Å². The largest absolute Gasteiger partial charge is 0.448 e. The first-order valence-electron chi connectivity index (χ1n) is 9.69. The molecule has 1 saturated heterocycles. The van der Waals surface area contributed by atoms with Gasteiger partial charge in [0.15, 0.2) is 0 Å². The summed E-state index contributed by atoms with van der Waals surface area (Å²) in [5, 5.41) is 10.8. The van der Waals surface area contributed by atoms with Crippen LogP contribution in [0.1, 0.15) is 36.3 Å². The number of benzene rings is 2. The van der Waals surface area contributed by atoms with Crippen LogP contribution in [0, 0.1) is 0 Å². The minimum atomic E-state index is -0.607. The van der Waals surface area contributed by atoms with Gasteiger partial charge in [-0.25, -0.2) is 4.79 Å². The smallest absolute Gasteiger partial charge is 0.410 e. The molecule has 1 amide bonds. The summed E-state index contributed by atoms with van der Waals surface area (Å²) in [6.45, 7) is 4.54. The molecule has 0 spiro atoms. The summed E-state index contributed by atoms with van der Waals surface area (Å²) < 4.78 is 5.74. The highest BCUT2D eigenvalue weighted by atomic mass is 35.5. The van der Waals surface area contributed by atoms with Gasteiger partial charge in [-0.15, -0.1) is 0 Å². The summed E-state index contributed by atoms with van der Waals surface area (Å²) in [4.78, 5) is 14.4. The number of fused-ring (bicyclic) bond motifs is 3. The van der Waals surface area contributed by atoms with Crippen molar-refractivity contribution in [3.05, 3.63) is 71.3 Å². The first-order chi connectivity index (χ1) is 13.6. The Kier molecular flexibility index (Phi) is 5.42. The van der Waals surface area contributed by atoms with Crippen LogP contribution in [0.25, 0.3) is 11.1 Å². The molecule has 0 radical (unpaired) electrons. The average Bonchev–Trinajstić information content (AvgIpc) is 3.01. The molecule has 28 heavy (non-hydrogen) atoms. The monoisotopic (exact) mass is 397 g/mol. The molecular weight excluding hydrogens is 374 g/mol. The van der Waals surface area contributed by atoms with E-state index in [-0.39, 0.29) is 18.6 Å². The molecule has 4 nitrogen and oxygen atoms in total. The van der Waals surface area contributed by atoms with Crippen LogP contribution >= 0.6 is 11.6 Å². The Balaban J connectivity index is 1.51. The van der Waals surface area contributed by atoms with Gasteiger partial charge in [-0.3, -0.25) is 0 Å². The van der Waals surface area contributed by atoms with Crippen LogP contribution in [0.2, 0.25) is 0 Å². The lowest BCUT2D eigenvalue weighted by Crippen LogP contribution is -2.51. The number of hydrogen-bond acceptors (Lipinski definition) is 3. The van der Waals surface area contributed by atoms with Crippen LogP contribution in [0.15, 0.2) is 60.1 Å². The quantitative estimate of drug-likeness (QED) is 0.797. The van der Waals surface area contributed by atoms with Crippen molar-refractivity contribution in [3.8, 4) is 11.1 Å². The molecule has 2 aromatic carbocycles. The van der Waals surface area contributed by atoms with Crippen LogP contribution < -0.4 is 0 Å². The third-order valence-electron chi connectivity index (χ3n) is 5.74. The maximum absolute atomic E-state index is 12.8. The van der Waals surface area contributed by atoms with Crippen molar-refractivity contribution in [1.82, 2.24) is 4.90 Å². The highest BCUT2D eigenvalue weighted by molar-refractivity contribution is 6.29. The van der Waals surface area contributed by atoms with E-state index in [1.165, 1.54) is 22.3 Å². The van der Waals surface area contributed by atoms with E-state index in [2.05, 4.69) is 30.8 Å². The molecule has 4 rings (SSSR count). The number of amides is 1. The van der Waals surface area contributed by atoms with Gasteiger partial charge in [0.05, 0.1) is 12.1 Å². The Bertz CT molecular complexity index is 851. The summed E-state index contributed by atoms with van der Waals surface area (Å²) in [7, 11) is 0. The predicted molar refractivity (Wildman–Crippen MR) is 110 cm³/mol. The highest BCUT2D eigenvalue weighted by Gasteiger charge is 2.35. The zero-order valence-electron chi connectivity index (χ0n) is 15.7. The van der Waals surface area contributed by atoms with Crippen molar-refractivity contribution in [1.29, 1.82) is 0 Å². The van der Waals surface area contributed by atoms with Crippen LogP contribution in [0.5, 0.6) is 0 Å². The number of aliphatic hydroxyl groups excluding tert-OH is 1. The molecule has 1 aliphatic carbocycles. The van der Waals surface area contributed by atoms with Crippen LogP contribution in [0.3, 0.4) is 0 Å². The fourth-order valence-corrected chi connectivity index (χ4v) is 4.57. The van der Waals surface area contributed by atoms with Gasteiger partial charge in [-0.05, 0) is 35.1 Å². The average molecular weight is 398 g/mol. The first kappa shape index (κ1) is 19.0. The van der Waals surface area contributed by atoms with Crippen LogP contribution in [-0.4, -0.2) is 41.4 Å². The van der Waals surface area contributed by atoms with Gasteiger partial charge in [-0.1, -0.05) is 66.7 Å². The highest BCUT2D eigenvalue weighted by Crippen LogP contribution is 2.44. The molecule has 1 fully saturated rings. The molecule has 0 aromatic heterocycles. The van der Waals surface area contributed by atoms with Crippen molar-refractivity contribution in [2.45, 2.75) is 37.3 Å². The van der Waals surface area contributed by atoms with E-state index < -0.39 is 12.2 Å². The molecule has 1 N–H and O–H groups in total. The molecule has 2 atom stereocenters. The third-order valence-corrected chi connectivity index (χ3v) is 5.90. The number of nitrogens with zero attached hydrogens (tertiary/aromatic N) is 1. The predicted octanol–water partition coefficient (Wildman–Crippen LogP) is 4.90. The summed E-state index contributed by atoms with van der Waals surface area (Å²) in [5.74, 6) is 0.0208. The van der Waals surface area contributed by atoms with Gasteiger partial charge < -0.3 is 14.7 Å². The number of carbonyl (C=O) groups is 1. The van der Waals surface area contributed by atoms with Gasteiger partial charge >= 0.3 is 6.09 Å². The Morgan fingerprint density at radius 1 is 1.14 bits per heavy atom. The lowest BCUT2D eigenvalue weighted by molar-refractivity contribution is 0.00568. The van der Waals surface area contributed by atoms with E-state index in [1.807, 2.05) is 24.3 Å². The Morgan fingerprint density at radius 2 is 1.75 bits per heavy atom. The minimum Gasteiger partial charge on any atom is -0.448 e. The standard InChI is InChI=1S/C23H24ClNO3/c1-15(24)13-21-22(26)11-6-12-25(21)23(27)28-14-20-18-9-4-2-7-16(18)17-8-3-5-10-19(17)20/h2-5,7-10,20-22,26H,1,6,11-14H2/t21-,22-/m1/s1.